The van der Waals surface area contributed by atoms with Crippen LogP contribution >= 0.6 is 0 Å². The predicted molar refractivity (Wildman–Crippen MR) is 103 cm³/mol. The molecule has 2 aliphatic rings. The van der Waals surface area contributed by atoms with Crippen LogP contribution in [-0.4, -0.2) is 64.8 Å². The molecule has 2 fully saturated rings. The fourth-order valence-electron chi connectivity index (χ4n) is 4.41. The highest BCUT2D eigenvalue weighted by molar-refractivity contribution is 7.91. The minimum atomic E-state index is -3.10. The van der Waals surface area contributed by atoms with Gasteiger partial charge in [0.25, 0.3) is 5.91 Å². The first-order valence-corrected chi connectivity index (χ1v) is 10.8. The maximum Gasteiger partial charge on any atom is 0.274 e. The van der Waals surface area contributed by atoms with Gasteiger partial charge in [-0.15, -0.1) is 0 Å². The number of aromatic nitrogens is 3. The number of likely N-dealkylation sites (tertiary alicyclic amines) is 1. The average Bonchev–Trinajstić information content (AvgIpc) is 3.22. The van der Waals surface area contributed by atoms with Crippen molar-refractivity contribution >= 4 is 38.2 Å². The molecule has 28 heavy (non-hydrogen) atoms. The van der Waals surface area contributed by atoms with Crippen LogP contribution < -0.4 is 10.5 Å². The zero-order valence-electron chi connectivity index (χ0n) is 15.2. The van der Waals surface area contributed by atoms with Gasteiger partial charge in [-0.3, -0.25) is 9.20 Å². The van der Waals surface area contributed by atoms with Crippen molar-refractivity contribution in [1.82, 2.24) is 19.3 Å². The van der Waals surface area contributed by atoms with E-state index in [4.69, 9.17) is 10.5 Å². The number of ether oxygens (including phenoxy) is 1. The molecule has 10 heteroatoms. The zero-order chi connectivity index (χ0) is 19.6. The number of nitrogens with zero attached hydrogens (tertiary/aromatic N) is 4. The van der Waals surface area contributed by atoms with Crippen LogP contribution in [-0.2, 0) is 9.84 Å². The Morgan fingerprint density at radius 2 is 2.11 bits per heavy atom. The summed E-state index contributed by atoms with van der Waals surface area (Å²) in [6.45, 7) is 0.443. The SMILES string of the molecule is COc1cccc2c1nc(N)n1cc(C(=O)N3CC4CC3CS(=O)(=O)C4)nc21. The second-order valence-electron chi connectivity index (χ2n) is 7.44. The molecule has 2 bridgehead atoms. The molecule has 1 aromatic carbocycles. The van der Waals surface area contributed by atoms with Crippen molar-refractivity contribution in [2.75, 3.05) is 30.9 Å². The normalized spacial score (nSPS) is 23.4. The van der Waals surface area contributed by atoms with Gasteiger partial charge in [-0.25, -0.2) is 18.4 Å². The molecule has 4 heterocycles. The first kappa shape index (κ1) is 17.2. The van der Waals surface area contributed by atoms with Crippen LogP contribution in [0.3, 0.4) is 0 Å². The molecule has 1 amide bonds. The highest BCUT2D eigenvalue weighted by atomic mass is 32.2. The Balaban J connectivity index is 1.60. The van der Waals surface area contributed by atoms with E-state index >= 15 is 0 Å². The Morgan fingerprint density at radius 1 is 1.29 bits per heavy atom. The average molecular weight is 401 g/mol. The number of rotatable bonds is 2. The van der Waals surface area contributed by atoms with E-state index in [2.05, 4.69) is 9.97 Å². The van der Waals surface area contributed by atoms with E-state index in [0.717, 1.165) is 11.8 Å². The van der Waals surface area contributed by atoms with Crippen molar-refractivity contribution in [3.8, 4) is 5.75 Å². The molecular formula is C18H19N5O4S. The van der Waals surface area contributed by atoms with Gasteiger partial charge in [0.1, 0.15) is 22.6 Å². The summed E-state index contributed by atoms with van der Waals surface area (Å²) in [7, 11) is -1.55. The van der Waals surface area contributed by atoms with Crippen LogP contribution in [0.25, 0.3) is 16.6 Å². The van der Waals surface area contributed by atoms with Crippen molar-refractivity contribution in [2.45, 2.75) is 12.5 Å². The summed E-state index contributed by atoms with van der Waals surface area (Å²) < 4.78 is 31.0. The van der Waals surface area contributed by atoms with Gasteiger partial charge in [0.15, 0.2) is 9.84 Å². The Hall–Kier alpha value is -2.88. The van der Waals surface area contributed by atoms with E-state index in [9.17, 15) is 13.2 Å². The molecule has 2 aliphatic heterocycles. The number of methoxy groups -OCH3 is 1. The molecule has 2 N–H and O–H groups in total. The largest absolute Gasteiger partial charge is 0.494 e. The van der Waals surface area contributed by atoms with Crippen molar-refractivity contribution in [3.63, 3.8) is 0 Å². The van der Waals surface area contributed by atoms with Crippen LogP contribution in [0.4, 0.5) is 5.95 Å². The number of para-hydroxylation sites is 1. The van der Waals surface area contributed by atoms with Crippen LogP contribution in [0, 0.1) is 5.92 Å². The fraction of sp³-hybridized carbons (Fsp3) is 0.389. The van der Waals surface area contributed by atoms with Crippen LogP contribution in [0.1, 0.15) is 16.9 Å². The molecule has 9 nitrogen and oxygen atoms in total. The lowest BCUT2D eigenvalue weighted by Crippen LogP contribution is -2.39. The lowest BCUT2D eigenvalue weighted by Gasteiger charge is -2.23. The number of sulfone groups is 1. The number of amides is 1. The Labute approximate surface area is 161 Å². The number of carbonyl (C=O) groups excluding carboxylic acids is 1. The lowest BCUT2D eigenvalue weighted by atomic mass is 10.1. The summed E-state index contributed by atoms with van der Waals surface area (Å²) in [4.78, 5) is 23.7. The molecule has 2 atom stereocenters. The monoisotopic (exact) mass is 401 g/mol. The number of nitrogen functional groups attached to an aromatic ring is 1. The van der Waals surface area contributed by atoms with Crippen molar-refractivity contribution in [3.05, 3.63) is 30.1 Å². The standard InChI is InChI=1S/C18H19N5O4S/c1-27-14-4-2-3-12-15(14)21-18(19)23-7-13(20-16(12)23)17(24)22-6-10-5-11(22)9-28(25,26)8-10/h2-4,7,10-11H,5-6,8-9H2,1H3,(H2,19,21). The summed E-state index contributed by atoms with van der Waals surface area (Å²) in [6.07, 6.45) is 2.29. The molecule has 0 saturated carbocycles. The Bertz CT molecular complexity index is 1240. The van der Waals surface area contributed by atoms with Gasteiger partial charge in [0.05, 0.1) is 18.6 Å². The number of benzene rings is 1. The summed E-state index contributed by atoms with van der Waals surface area (Å²) in [5.74, 6) is 0.666. The van der Waals surface area contributed by atoms with Gasteiger partial charge in [-0.1, -0.05) is 6.07 Å². The summed E-state index contributed by atoms with van der Waals surface area (Å²) >= 11 is 0. The number of nitrogens with two attached hydrogens (primary N) is 1. The Kier molecular flexibility index (Phi) is 3.57. The third-order valence-corrected chi connectivity index (χ3v) is 7.43. The zero-order valence-corrected chi connectivity index (χ0v) is 16.0. The molecule has 2 aromatic heterocycles. The van der Waals surface area contributed by atoms with E-state index in [1.54, 1.807) is 28.7 Å². The van der Waals surface area contributed by atoms with E-state index in [0.29, 0.717) is 23.5 Å². The first-order chi connectivity index (χ1) is 13.4. The van der Waals surface area contributed by atoms with Crippen molar-refractivity contribution in [1.29, 1.82) is 0 Å². The molecule has 2 saturated heterocycles. The molecule has 2 unspecified atom stereocenters. The molecule has 5 rings (SSSR count). The van der Waals surface area contributed by atoms with E-state index in [1.165, 1.54) is 0 Å². The lowest BCUT2D eigenvalue weighted by molar-refractivity contribution is 0.0742. The Morgan fingerprint density at radius 3 is 2.89 bits per heavy atom. The number of anilines is 1. The van der Waals surface area contributed by atoms with Gasteiger partial charge < -0.3 is 15.4 Å². The summed E-state index contributed by atoms with van der Waals surface area (Å²) in [5, 5.41) is 0.718. The molecule has 0 aliphatic carbocycles. The fourth-order valence-corrected chi connectivity index (χ4v) is 6.41. The van der Waals surface area contributed by atoms with Crippen LogP contribution in [0.5, 0.6) is 5.75 Å². The third kappa shape index (κ3) is 2.51. The topological polar surface area (TPSA) is 120 Å². The van der Waals surface area contributed by atoms with Crippen LogP contribution in [0.2, 0.25) is 0 Å². The van der Waals surface area contributed by atoms with Crippen molar-refractivity contribution in [2.24, 2.45) is 5.92 Å². The maximum atomic E-state index is 13.1. The summed E-state index contributed by atoms with van der Waals surface area (Å²) in [6, 6.07) is 5.17. The van der Waals surface area contributed by atoms with Gasteiger partial charge in [0, 0.05) is 24.2 Å². The van der Waals surface area contributed by atoms with Crippen molar-refractivity contribution < 1.29 is 17.9 Å². The smallest absolute Gasteiger partial charge is 0.274 e. The number of fused-ring (bicyclic) bond motifs is 5. The second kappa shape index (κ2) is 5.81. The van der Waals surface area contributed by atoms with Gasteiger partial charge in [0.2, 0.25) is 5.95 Å². The number of hydrogen-bond donors (Lipinski definition) is 1. The molecular weight excluding hydrogens is 382 g/mol. The summed E-state index contributed by atoms with van der Waals surface area (Å²) in [5.41, 5.74) is 7.40. The van der Waals surface area contributed by atoms with Gasteiger partial charge in [-0.05, 0) is 24.5 Å². The minimum Gasteiger partial charge on any atom is -0.494 e. The highest BCUT2D eigenvalue weighted by Crippen LogP contribution is 2.33. The minimum absolute atomic E-state index is 0.00144. The highest BCUT2D eigenvalue weighted by Gasteiger charge is 2.44. The molecule has 3 aromatic rings. The van der Waals surface area contributed by atoms with E-state index in [1.807, 2.05) is 12.1 Å². The van der Waals surface area contributed by atoms with E-state index < -0.39 is 9.84 Å². The van der Waals surface area contributed by atoms with E-state index in [-0.39, 0.29) is 41.0 Å². The van der Waals surface area contributed by atoms with Gasteiger partial charge in [-0.2, -0.15) is 0 Å². The van der Waals surface area contributed by atoms with Crippen LogP contribution in [0.15, 0.2) is 24.4 Å². The second-order valence-corrected chi connectivity index (χ2v) is 9.59. The third-order valence-electron chi connectivity index (χ3n) is 5.56. The first-order valence-electron chi connectivity index (χ1n) is 8.99. The predicted octanol–water partition coefficient (Wildman–Crippen LogP) is 0.732. The number of carbonyl (C=O) groups is 1. The van der Waals surface area contributed by atoms with Gasteiger partial charge >= 0.3 is 0 Å². The maximum absolute atomic E-state index is 13.1. The molecule has 146 valence electrons. The number of hydrogen-bond acceptors (Lipinski definition) is 7. The quantitative estimate of drug-likeness (QED) is 0.672. The molecule has 0 spiro atoms. The number of imidazole rings is 1. The molecule has 0 radical (unpaired) electrons.